The van der Waals surface area contributed by atoms with Crippen LogP contribution in [-0.4, -0.2) is 23.8 Å². The number of halogens is 7. The molecule has 8 heteroatoms. The van der Waals surface area contributed by atoms with E-state index in [1.54, 1.807) is 0 Å². The molecule has 0 fully saturated rings. The Morgan fingerprint density at radius 3 is 1.68 bits per heavy atom. The van der Waals surface area contributed by atoms with E-state index >= 15 is 0 Å². The smallest absolute Gasteiger partial charge is 0.287 e. The largest absolute Gasteiger partial charge is 0.460 e. The molecule has 0 aliphatic carbocycles. The predicted octanol–water partition coefficient (Wildman–Crippen LogP) is 4.01. The van der Waals surface area contributed by atoms with E-state index in [4.69, 9.17) is 0 Å². The summed E-state index contributed by atoms with van der Waals surface area (Å²) in [5.41, 5.74) is -0.387. The van der Waals surface area contributed by atoms with Crippen LogP contribution >= 0.6 is 0 Å². The van der Waals surface area contributed by atoms with Crippen molar-refractivity contribution in [2.75, 3.05) is 0 Å². The first kappa shape index (κ1) is 15.5. The first-order valence-corrected chi connectivity index (χ1v) is 4.85. The van der Waals surface area contributed by atoms with Gasteiger partial charge in [-0.15, -0.1) is 0 Å². The number of rotatable bonds is 3. The minimum absolute atomic E-state index is 0.530. The zero-order valence-electron chi connectivity index (χ0n) is 9.36. The summed E-state index contributed by atoms with van der Waals surface area (Å²) < 4.78 is 87.0. The number of hydrogen-bond acceptors (Lipinski definition) is 1. The van der Waals surface area contributed by atoms with Gasteiger partial charge in [0.05, 0.1) is 0 Å². The van der Waals surface area contributed by atoms with Gasteiger partial charge in [0, 0.05) is 5.56 Å². The molecule has 0 saturated heterocycles. The van der Waals surface area contributed by atoms with Gasteiger partial charge in [-0.3, -0.25) is 4.79 Å². The number of ketones is 1. The molecule has 1 aromatic rings. The van der Waals surface area contributed by atoms with Crippen molar-refractivity contribution < 1.29 is 35.5 Å². The lowest BCUT2D eigenvalue weighted by Crippen LogP contribution is -2.56. The van der Waals surface area contributed by atoms with Crippen molar-refractivity contribution in [1.82, 2.24) is 0 Å². The van der Waals surface area contributed by atoms with E-state index < -0.39 is 29.4 Å². The van der Waals surface area contributed by atoms with Crippen LogP contribution in [-0.2, 0) is 0 Å². The van der Waals surface area contributed by atoms with Crippen LogP contribution in [0.3, 0.4) is 0 Å². The maximum Gasteiger partial charge on any atom is 0.460 e. The summed E-state index contributed by atoms with van der Waals surface area (Å²) in [6, 6.07) is 3.82. The Hall–Kier alpha value is -1.60. The van der Waals surface area contributed by atoms with Crippen LogP contribution in [0.15, 0.2) is 24.3 Å². The molecular weight excluding hydrogens is 281 g/mol. The number of carbonyl (C=O) groups is 1. The standard InChI is InChI=1S/C11H7F7O/c1-6-2-4-7(5-3-6)8(19)9(12,13)10(14,15)11(16,17)18/h2-5H,1H3. The second-order valence-corrected chi connectivity index (χ2v) is 3.84. The van der Waals surface area contributed by atoms with E-state index in [-0.39, 0.29) is 0 Å². The van der Waals surface area contributed by atoms with Crippen molar-refractivity contribution in [3.05, 3.63) is 35.4 Å². The Morgan fingerprint density at radius 1 is 0.895 bits per heavy atom. The van der Waals surface area contributed by atoms with Gasteiger partial charge in [0.25, 0.3) is 0 Å². The Bertz CT molecular complexity index is 473. The second kappa shape index (κ2) is 4.50. The van der Waals surface area contributed by atoms with Gasteiger partial charge in [0.2, 0.25) is 5.78 Å². The molecule has 0 bridgehead atoms. The van der Waals surface area contributed by atoms with Gasteiger partial charge in [-0.2, -0.15) is 30.7 Å². The van der Waals surface area contributed by atoms with Gasteiger partial charge in [0.15, 0.2) is 0 Å². The Morgan fingerprint density at radius 2 is 1.32 bits per heavy atom. The molecule has 1 rings (SSSR count). The molecule has 0 saturated carbocycles. The lowest BCUT2D eigenvalue weighted by Gasteiger charge is -2.26. The van der Waals surface area contributed by atoms with Crippen LogP contribution in [0.1, 0.15) is 15.9 Å². The van der Waals surface area contributed by atoms with E-state index in [1.165, 1.54) is 6.92 Å². The fourth-order valence-electron chi connectivity index (χ4n) is 1.21. The fourth-order valence-corrected chi connectivity index (χ4v) is 1.21. The van der Waals surface area contributed by atoms with Crippen molar-refractivity contribution in [3.63, 3.8) is 0 Å². The molecule has 1 aromatic carbocycles. The van der Waals surface area contributed by atoms with E-state index in [0.717, 1.165) is 24.3 Å². The third-order valence-electron chi connectivity index (χ3n) is 2.35. The molecule has 1 nitrogen and oxygen atoms in total. The molecule has 0 unspecified atom stereocenters. The highest BCUT2D eigenvalue weighted by molar-refractivity contribution is 6.02. The monoisotopic (exact) mass is 288 g/mol. The number of Topliss-reactive ketones (excluding diaryl/α,β-unsaturated/α-hetero) is 1. The topological polar surface area (TPSA) is 17.1 Å². The first-order valence-electron chi connectivity index (χ1n) is 4.85. The van der Waals surface area contributed by atoms with Gasteiger partial charge < -0.3 is 0 Å². The minimum Gasteiger partial charge on any atom is -0.287 e. The zero-order chi connectivity index (χ0) is 15.1. The van der Waals surface area contributed by atoms with Crippen molar-refractivity contribution >= 4 is 5.78 Å². The van der Waals surface area contributed by atoms with Gasteiger partial charge in [-0.25, -0.2) is 0 Å². The molecule has 0 heterocycles. The van der Waals surface area contributed by atoms with Crippen molar-refractivity contribution in [3.8, 4) is 0 Å². The maximum atomic E-state index is 13.1. The molecule has 0 spiro atoms. The Kier molecular flexibility index (Phi) is 3.66. The molecule has 0 atom stereocenters. The summed E-state index contributed by atoms with van der Waals surface area (Å²) in [6.45, 7) is 1.52. The second-order valence-electron chi connectivity index (χ2n) is 3.84. The lowest BCUT2D eigenvalue weighted by molar-refractivity contribution is -0.339. The average molecular weight is 288 g/mol. The molecule has 0 amide bonds. The van der Waals surface area contributed by atoms with Crippen molar-refractivity contribution in [2.24, 2.45) is 0 Å². The van der Waals surface area contributed by atoms with E-state index in [1.807, 2.05) is 0 Å². The van der Waals surface area contributed by atoms with Crippen molar-refractivity contribution in [1.29, 1.82) is 0 Å². The molecule has 0 aliphatic rings. The molecule has 0 aromatic heterocycles. The number of alkyl halides is 7. The summed E-state index contributed by atoms with van der Waals surface area (Å²) in [6.07, 6.45) is -6.52. The molecule has 0 aliphatic heterocycles. The summed E-state index contributed by atoms with van der Waals surface area (Å²) in [5, 5.41) is 0. The highest BCUT2D eigenvalue weighted by Crippen LogP contribution is 2.47. The number of hydrogen-bond donors (Lipinski definition) is 0. The third kappa shape index (κ3) is 2.57. The van der Waals surface area contributed by atoms with Gasteiger partial charge >= 0.3 is 18.0 Å². The predicted molar refractivity (Wildman–Crippen MR) is 51.5 cm³/mol. The van der Waals surface area contributed by atoms with Gasteiger partial charge in [0.1, 0.15) is 0 Å². The van der Waals surface area contributed by atoms with E-state index in [2.05, 4.69) is 0 Å². The fraction of sp³-hybridized carbons (Fsp3) is 0.364. The Balaban J connectivity index is 3.20. The molecule has 19 heavy (non-hydrogen) atoms. The Labute approximate surface area is 103 Å². The molecule has 106 valence electrons. The summed E-state index contributed by atoms with van der Waals surface area (Å²) in [7, 11) is 0. The van der Waals surface area contributed by atoms with Crippen LogP contribution in [0.25, 0.3) is 0 Å². The lowest BCUT2D eigenvalue weighted by atomic mass is 9.99. The van der Waals surface area contributed by atoms with Gasteiger partial charge in [-0.1, -0.05) is 29.8 Å². The maximum absolute atomic E-state index is 13.1. The van der Waals surface area contributed by atoms with Crippen LogP contribution in [0, 0.1) is 6.92 Å². The number of benzene rings is 1. The van der Waals surface area contributed by atoms with Crippen LogP contribution in [0.5, 0.6) is 0 Å². The minimum atomic E-state index is -6.52. The first-order chi connectivity index (χ1) is 8.41. The highest BCUT2D eigenvalue weighted by Gasteiger charge is 2.76. The summed E-state index contributed by atoms with van der Waals surface area (Å²) in [4.78, 5) is 11.1. The van der Waals surface area contributed by atoms with Crippen LogP contribution in [0.4, 0.5) is 30.7 Å². The summed E-state index contributed by atoms with van der Waals surface area (Å²) >= 11 is 0. The molecule has 0 radical (unpaired) electrons. The van der Waals surface area contributed by atoms with Crippen LogP contribution < -0.4 is 0 Å². The third-order valence-corrected chi connectivity index (χ3v) is 2.35. The normalized spacial score (nSPS) is 13.5. The zero-order valence-corrected chi connectivity index (χ0v) is 9.36. The number of aryl methyl sites for hydroxylation is 1. The molecular formula is C11H7F7O. The number of carbonyl (C=O) groups excluding carboxylic acids is 1. The molecule has 0 N–H and O–H groups in total. The highest BCUT2D eigenvalue weighted by atomic mass is 19.4. The quantitative estimate of drug-likeness (QED) is 0.606. The van der Waals surface area contributed by atoms with E-state index in [0.29, 0.717) is 5.56 Å². The SMILES string of the molecule is Cc1ccc(C(=O)C(F)(F)C(F)(F)C(F)(F)F)cc1. The van der Waals surface area contributed by atoms with E-state index in [9.17, 15) is 35.5 Å². The van der Waals surface area contributed by atoms with Gasteiger partial charge in [-0.05, 0) is 6.92 Å². The average Bonchev–Trinajstić information content (AvgIpc) is 2.27. The van der Waals surface area contributed by atoms with Crippen molar-refractivity contribution in [2.45, 2.75) is 24.9 Å². The summed E-state index contributed by atoms with van der Waals surface area (Å²) in [5.74, 6) is -14.9. The van der Waals surface area contributed by atoms with Crippen LogP contribution in [0.2, 0.25) is 0 Å².